The molecule has 0 aliphatic rings. The average molecular weight is 454 g/mol. The van der Waals surface area contributed by atoms with Crippen molar-refractivity contribution in [2.75, 3.05) is 6.54 Å². The number of fused-ring (bicyclic) bond motifs is 1. The average Bonchev–Trinajstić information content (AvgIpc) is 2.84. The third-order valence-electron chi connectivity index (χ3n) is 5.71. The van der Waals surface area contributed by atoms with Gasteiger partial charge >= 0.3 is 0 Å². The quantitative estimate of drug-likeness (QED) is 0.394. The predicted molar refractivity (Wildman–Crippen MR) is 137 cm³/mol. The first-order valence-electron chi connectivity index (χ1n) is 11.3. The van der Waals surface area contributed by atoms with Crippen molar-refractivity contribution in [2.45, 2.75) is 27.2 Å². The second kappa shape index (κ2) is 9.75. The number of para-hydroxylation sites is 1. The van der Waals surface area contributed by atoms with Gasteiger partial charge in [0.15, 0.2) is 0 Å². The summed E-state index contributed by atoms with van der Waals surface area (Å²) in [6.45, 7) is 6.44. The largest absolute Gasteiger partial charge is 0.494 e. The molecule has 0 unspecified atom stereocenters. The van der Waals surface area contributed by atoms with E-state index in [1.807, 2.05) is 45.0 Å². The second-order valence-electron chi connectivity index (χ2n) is 8.24. The summed E-state index contributed by atoms with van der Waals surface area (Å²) < 4.78 is 1.32. The lowest BCUT2D eigenvalue weighted by atomic mass is 10.1. The highest BCUT2D eigenvalue weighted by molar-refractivity contribution is 6.04. The molecule has 2 N–H and O–H groups in total. The number of rotatable bonds is 6. The van der Waals surface area contributed by atoms with Gasteiger partial charge in [-0.1, -0.05) is 55.0 Å². The van der Waals surface area contributed by atoms with Crippen LogP contribution in [0.4, 0.5) is 5.69 Å². The number of carbonyl (C=O) groups excluding carboxylic acids is 1. The highest BCUT2D eigenvalue weighted by atomic mass is 16.3. The first kappa shape index (κ1) is 23.0. The molecule has 0 aliphatic carbocycles. The van der Waals surface area contributed by atoms with Crippen LogP contribution in [-0.4, -0.2) is 28.3 Å². The summed E-state index contributed by atoms with van der Waals surface area (Å²) in [7, 11) is 0. The Hall–Kier alpha value is -4.19. The Kier molecular flexibility index (Phi) is 6.59. The van der Waals surface area contributed by atoms with E-state index >= 15 is 0 Å². The van der Waals surface area contributed by atoms with Crippen molar-refractivity contribution in [2.24, 2.45) is 4.99 Å². The van der Waals surface area contributed by atoms with Gasteiger partial charge in [-0.25, -0.2) is 4.57 Å². The highest BCUT2D eigenvalue weighted by Crippen LogP contribution is 2.28. The number of aromatic hydroxyl groups is 1. The summed E-state index contributed by atoms with van der Waals surface area (Å²) >= 11 is 0. The Labute approximate surface area is 198 Å². The Balaban J connectivity index is 1.90. The van der Waals surface area contributed by atoms with E-state index in [0.717, 1.165) is 17.5 Å². The standard InChI is InChI=1S/C28H27N3O3/c1-4-15-29-26(32)22-11-7-8-12-24(22)30-17-23-20-9-5-6-10-21(20)27(33)31(28(23)34)25-14-13-18(2)16-19(25)3/h5-14,16-17,34H,4,15H2,1-3H3,(H,29,32). The minimum Gasteiger partial charge on any atom is -0.494 e. The smallest absolute Gasteiger partial charge is 0.265 e. The van der Waals surface area contributed by atoms with Crippen molar-refractivity contribution in [3.63, 3.8) is 0 Å². The Morgan fingerprint density at radius 2 is 1.74 bits per heavy atom. The molecule has 1 aromatic heterocycles. The maximum absolute atomic E-state index is 13.4. The number of aromatic nitrogens is 1. The first-order valence-corrected chi connectivity index (χ1v) is 11.3. The van der Waals surface area contributed by atoms with Gasteiger partial charge in [-0.15, -0.1) is 0 Å². The van der Waals surface area contributed by atoms with Gasteiger partial charge in [0.1, 0.15) is 0 Å². The number of benzene rings is 3. The van der Waals surface area contributed by atoms with E-state index in [9.17, 15) is 14.7 Å². The number of aliphatic imine (C=N–C) groups is 1. The fraction of sp³-hybridized carbons (Fsp3) is 0.179. The van der Waals surface area contributed by atoms with E-state index in [0.29, 0.717) is 39.8 Å². The second-order valence-corrected chi connectivity index (χ2v) is 8.24. The summed E-state index contributed by atoms with van der Waals surface area (Å²) in [5.74, 6) is -0.406. The zero-order valence-corrected chi connectivity index (χ0v) is 19.5. The summed E-state index contributed by atoms with van der Waals surface area (Å²) in [6.07, 6.45) is 2.35. The highest BCUT2D eigenvalue weighted by Gasteiger charge is 2.18. The van der Waals surface area contributed by atoms with Gasteiger partial charge < -0.3 is 10.4 Å². The molecule has 0 atom stereocenters. The van der Waals surface area contributed by atoms with E-state index in [2.05, 4.69) is 10.3 Å². The van der Waals surface area contributed by atoms with Crippen LogP contribution in [0.5, 0.6) is 5.88 Å². The minimum absolute atomic E-state index is 0.202. The van der Waals surface area contributed by atoms with E-state index in [1.165, 1.54) is 10.8 Å². The van der Waals surface area contributed by atoms with Crippen LogP contribution in [-0.2, 0) is 0 Å². The third kappa shape index (κ3) is 4.35. The predicted octanol–water partition coefficient (Wildman–Crippen LogP) is 5.20. The lowest BCUT2D eigenvalue weighted by Crippen LogP contribution is -2.24. The van der Waals surface area contributed by atoms with Gasteiger partial charge in [-0.05, 0) is 50.1 Å². The molecule has 1 amide bonds. The molecule has 3 aromatic carbocycles. The summed E-state index contributed by atoms with van der Waals surface area (Å²) in [5, 5.41) is 15.2. The van der Waals surface area contributed by atoms with Crippen LogP contribution in [0.3, 0.4) is 0 Å². The van der Waals surface area contributed by atoms with Crippen molar-refractivity contribution in [1.29, 1.82) is 0 Å². The van der Waals surface area contributed by atoms with Gasteiger partial charge in [-0.3, -0.25) is 14.6 Å². The fourth-order valence-corrected chi connectivity index (χ4v) is 4.02. The molecule has 4 aromatic rings. The van der Waals surface area contributed by atoms with Crippen LogP contribution in [0, 0.1) is 13.8 Å². The molecule has 0 bridgehead atoms. The number of nitrogens with one attached hydrogen (secondary N) is 1. The van der Waals surface area contributed by atoms with Crippen molar-refractivity contribution in [3.05, 3.63) is 99.3 Å². The van der Waals surface area contributed by atoms with Gasteiger partial charge in [0.25, 0.3) is 11.5 Å². The molecule has 0 saturated carbocycles. The molecule has 34 heavy (non-hydrogen) atoms. The normalized spacial score (nSPS) is 11.3. The number of hydrogen-bond acceptors (Lipinski definition) is 4. The van der Waals surface area contributed by atoms with Gasteiger partial charge in [0.2, 0.25) is 5.88 Å². The molecule has 0 aliphatic heterocycles. The van der Waals surface area contributed by atoms with Crippen LogP contribution in [0.15, 0.2) is 76.5 Å². The topological polar surface area (TPSA) is 83.7 Å². The Morgan fingerprint density at radius 1 is 1.03 bits per heavy atom. The van der Waals surface area contributed by atoms with E-state index in [1.54, 1.807) is 42.5 Å². The van der Waals surface area contributed by atoms with Crippen LogP contribution >= 0.6 is 0 Å². The molecule has 0 saturated heterocycles. The molecule has 0 radical (unpaired) electrons. The van der Waals surface area contributed by atoms with E-state index < -0.39 is 0 Å². The molecule has 0 fully saturated rings. The van der Waals surface area contributed by atoms with Crippen molar-refractivity contribution in [3.8, 4) is 11.6 Å². The monoisotopic (exact) mass is 453 g/mol. The number of hydrogen-bond donors (Lipinski definition) is 2. The number of pyridine rings is 1. The summed E-state index contributed by atoms with van der Waals surface area (Å²) in [6, 6.07) is 19.9. The van der Waals surface area contributed by atoms with E-state index in [-0.39, 0.29) is 17.3 Å². The number of amides is 1. The van der Waals surface area contributed by atoms with Crippen molar-refractivity contribution < 1.29 is 9.90 Å². The third-order valence-corrected chi connectivity index (χ3v) is 5.71. The number of carbonyl (C=O) groups is 1. The SMILES string of the molecule is CCCNC(=O)c1ccccc1N=Cc1c(O)n(-c2ccc(C)cc2C)c(=O)c2ccccc12. The molecule has 1 heterocycles. The van der Waals surface area contributed by atoms with Crippen molar-refractivity contribution in [1.82, 2.24) is 9.88 Å². The van der Waals surface area contributed by atoms with Gasteiger partial charge in [0.05, 0.1) is 22.5 Å². The van der Waals surface area contributed by atoms with Crippen LogP contribution in [0.1, 0.15) is 40.4 Å². The zero-order valence-electron chi connectivity index (χ0n) is 19.5. The fourth-order valence-electron chi connectivity index (χ4n) is 4.02. The van der Waals surface area contributed by atoms with Crippen LogP contribution < -0.4 is 10.9 Å². The Bertz CT molecular complexity index is 1470. The van der Waals surface area contributed by atoms with Crippen LogP contribution in [0.2, 0.25) is 0 Å². The molecular formula is C28H27N3O3. The van der Waals surface area contributed by atoms with Crippen LogP contribution in [0.25, 0.3) is 16.5 Å². The molecule has 172 valence electrons. The summed E-state index contributed by atoms with van der Waals surface area (Å²) in [4.78, 5) is 30.5. The number of nitrogens with zero attached hydrogens (tertiary/aromatic N) is 2. The molecule has 4 rings (SSSR count). The van der Waals surface area contributed by atoms with Gasteiger partial charge in [-0.2, -0.15) is 0 Å². The molecular weight excluding hydrogens is 426 g/mol. The van der Waals surface area contributed by atoms with Crippen molar-refractivity contribution >= 4 is 28.6 Å². The Morgan fingerprint density at radius 3 is 2.47 bits per heavy atom. The maximum Gasteiger partial charge on any atom is 0.265 e. The molecule has 0 spiro atoms. The molecule has 6 nitrogen and oxygen atoms in total. The molecule has 6 heteroatoms. The van der Waals surface area contributed by atoms with Gasteiger partial charge in [0, 0.05) is 23.5 Å². The summed E-state index contributed by atoms with van der Waals surface area (Å²) in [5.41, 5.74) is 3.55. The maximum atomic E-state index is 13.4. The minimum atomic E-state index is -0.309. The van der Waals surface area contributed by atoms with E-state index in [4.69, 9.17) is 0 Å². The lowest BCUT2D eigenvalue weighted by molar-refractivity contribution is 0.0954. The zero-order chi connectivity index (χ0) is 24.2. The lowest BCUT2D eigenvalue weighted by Gasteiger charge is -2.16. The first-order chi connectivity index (χ1) is 16.4. The number of aryl methyl sites for hydroxylation is 2.